The number of nitrogen functional groups attached to an aromatic ring is 1. The molecule has 0 aliphatic rings. The van der Waals surface area contributed by atoms with Crippen molar-refractivity contribution in [2.24, 2.45) is 0 Å². The number of aromatic nitrogens is 4. The zero-order chi connectivity index (χ0) is 12.5. The van der Waals surface area contributed by atoms with Crippen LogP contribution in [0.3, 0.4) is 0 Å². The zero-order valence-corrected chi connectivity index (χ0v) is 10.5. The average molecular weight is 257 g/mol. The van der Waals surface area contributed by atoms with Crippen LogP contribution in [0.15, 0.2) is 40.8 Å². The summed E-state index contributed by atoms with van der Waals surface area (Å²) in [5, 5.41) is 0.853. The predicted molar refractivity (Wildman–Crippen MR) is 71.4 cm³/mol. The Balaban J connectivity index is 2.06. The van der Waals surface area contributed by atoms with Crippen molar-refractivity contribution in [1.29, 1.82) is 0 Å². The Hall–Kier alpha value is -2.08. The van der Waals surface area contributed by atoms with Gasteiger partial charge in [-0.05, 0) is 24.6 Å². The smallest absolute Gasteiger partial charge is 0.181 e. The Morgan fingerprint density at radius 2 is 2.11 bits per heavy atom. The van der Waals surface area contributed by atoms with Crippen LogP contribution < -0.4 is 5.73 Å². The molecule has 2 aromatic heterocycles. The maximum atomic E-state index is 5.81. The number of imidazole rings is 1. The van der Waals surface area contributed by atoms with Gasteiger partial charge in [0.2, 0.25) is 0 Å². The number of benzene rings is 1. The molecule has 18 heavy (non-hydrogen) atoms. The van der Waals surface area contributed by atoms with E-state index < -0.39 is 0 Å². The van der Waals surface area contributed by atoms with Crippen molar-refractivity contribution >= 4 is 28.6 Å². The first-order valence-corrected chi connectivity index (χ1v) is 6.24. The molecule has 0 bridgehead atoms. The van der Waals surface area contributed by atoms with Gasteiger partial charge in [0.05, 0.1) is 6.33 Å². The van der Waals surface area contributed by atoms with Gasteiger partial charge in [-0.3, -0.25) is 0 Å². The van der Waals surface area contributed by atoms with Crippen molar-refractivity contribution in [3.05, 3.63) is 36.4 Å². The minimum Gasteiger partial charge on any atom is -0.399 e. The Kier molecular flexibility index (Phi) is 2.64. The molecule has 3 aromatic rings. The van der Waals surface area contributed by atoms with Gasteiger partial charge < -0.3 is 10.7 Å². The topological polar surface area (TPSA) is 80.5 Å². The maximum Gasteiger partial charge on any atom is 0.181 e. The summed E-state index contributed by atoms with van der Waals surface area (Å²) in [7, 11) is 0. The number of aromatic amines is 1. The van der Waals surface area contributed by atoms with E-state index >= 15 is 0 Å². The van der Waals surface area contributed by atoms with Gasteiger partial charge >= 0.3 is 0 Å². The maximum absolute atomic E-state index is 5.81. The number of hydrogen-bond acceptors (Lipinski definition) is 5. The van der Waals surface area contributed by atoms with Crippen LogP contribution in [0.4, 0.5) is 5.69 Å². The summed E-state index contributed by atoms with van der Waals surface area (Å²) < 4.78 is 0. The van der Waals surface area contributed by atoms with Gasteiger partial charge in [-0.25, -0.2) is 15.0 Å². The van der Waals surface area contributed by atoms with E-state index in [0.717, 1.165) is 21.1 Å². The molecule has 0 saturated carbocycles. The standard InChI is InChI=1S/C12H11N5S/c1-7-2-3-8(13)4-9(7)18-12-10-11(15-5-14-10)16-6-17-12/h2-6H,13H2,1H3,(H,14,15,16,17). The third-order valence-electron chi connectivity index (χ3n) is 2.61. The van der Waals surface area contributed by atoms with Crippen molar-refractivity contribution in [3.8, 4) is 0 Å². The number of nitrogens with zero attached hydrogens (tertiary/aromatic N) is 3. The first-order chi connectivity index (χ1) is 8.74. The molecule has 3 rings (SSSR count). The molecule has 0 unspecified atom stereocenters. The molecule has 0 amide bonds. The lowest BCUT2D eigenvalue weighted by Gasteiger charge is -2.06. The Morgan fingerprint density at radius 1 is 1.22 bits per heavy atom. The molecule has 1 aromatic carbocycles. The fourth-order valence-corrected chi connectivity index (χ4v) is 2.64. The number of aryl methyl sites for hydroxylation is 1. The van der Waals surface area contributed by atoms with Gasteiger partial charge in [0.15, 0.2) is 5.65 Å². The van der Waals surface area contributed by atoms with Crippen molar-refractivity contribution in [2.45, 2.75) is 16.8 Å². The zero-order valence-electron chi connectivity index (χ0n) is 9.71. The van der Waals surface area contributed by atoms with E-state index in [1.165, 1.54) is 11.9 Å². The number of nitrogens with one attached hydrogen (secondary N) is 1. The fourth-order valence-electron chi connectivity index (χ4n) is 1.65. The highest BCUT2D eigenvalue weighted by Gasteiger charge is 2.09. The first kappa shape index (κ1) is 11.0. The molecule has 0 fully saturated rings. The minimum atomic E-state index is 0.675. The summed E-state index contributed by atoms with van der Waals surface area (Å²) in [6.45, 7) is 2.05. The van der Waals surface area contributed by atoms with Crippen LogP contribution >= 0.6 is 11.8 Å². The quantitative estimate of drug-likeness (QED) is 0.544. The van der Waals surface area contributed by atoms with Crippen LogP contribution in [0.2, 0.25) is 0 Å². The van der Waals surface area contributed by atoms with Crippen LogP contribution in [-0.2, 0) is 0 Å². The molecule has 6 heteroatoms. The summed E-state index contributed by atoms with van der Waals surface area (Å²) in [6.07, 6.45) is 3.14. The summed E-state index contributed by atoms with van der Waals surface area (Å²) in [5.74, 6) is 0. The largest absolute Gasteiger partial charge is 0.399 e. The van der Waals surface area contributed by atoms with Crippen LogP contribution in [0.25, 0.3) is 11.2 Å². The van der Waals surface area contributed by atoms with Crippen LogP contribution in [0, 0.1) is 6.92 Å². The minimum absolute atomic E-state index is 0.675. The third-order valence-corrected chi connectivity index (χ3v) is 3.77. The molecule has 0 aliphatic carbocycles. The lowest BCUT2D eigenvalue weighted by molar-refractivity contribution is 1.08. The van der Waals surface area contributed by atoms with Gasteiger partial charge in [-0.15, -0.1) is 0 Å². The third kappa shape index (κ3) is 1.91. The predicted octanol–water partition coefficient (Wildman–Crippen LogP) is 2.39. The van der Waals surface area contributed by atoms with Crippen molar-refractivity contribution in [3.63, 3.8) is 0 Å². The van der Waals surface area contributed by atoms with E-state index in [4.69, 9.17) is 5.73 Å². The van der Waals surface area contributed by atoms with E-state index in [1.54, 1.807) is 18.1 Å². The highest BCUT2D eigenvalue weighted by Crippen LogP contribution is 2.32. The van der Waals surface area contributed by atoms with Crippen molar-refractivity contribution in [2.75, 3.05) is 5.73 Å². The van der Waals surface area contributed by atoms with Gasteiger partial charge in [-0.2, -0.15) is 0 Å². The Labute approximate surface area is 108 Å². The van der Waals surface area contributed by atoms with Gasteiger partial charge in [0.1, 0.15) is 16.9 Å². The second-order valence-electron chi connectivity index (χ2n) is 3.91. The van der Waals surface area contributed by atoms with Crippen LogP contribution in [0.1, 0.15) is 5.56 Å². The SMILES string of the molecule is Cc1ccc(N)cc1Sc1ncnc2nc[nH]c12. The van der Waals surface area contributed by atoms with E-state index in [0.29, 0.717) is 5.65 Å². The molecule has 0 radical (unpaired) electrons. The lowest BCUT2D eigenvalue weighted by atomic mass is 10.2. The molecule has 0 saturated heterocycles. The molecule has 90 valence electrons. The van der Waals surface area contributed by atoms with Crippen LogP contribution in [0.5, 0.6) is 0 Å². The summed E-state index contributed by atoms with van der Waals surface area (Å²) in [5.41, 5.74) is 9.25. The lowest BCUT2D eigenvalue weighted by Crippen LogP contribution is -1.89. The summed E-state index contributed by atoms with van der Waals surface area (Å²) in [4.78, 5) is 16.6. The molecule has 0 atom stereocenters. The highest BCUT2D eigenvalue weighted by atomic mass is 32.2. The fraction of sp³-hybridized carbons (Fsp3) is 0.0833. The summed E-state index contributed by atoms with van der Waals surface area (Å²) >= 11 is 1.56. The number of nitrogens with two attached hydrogens (primary N) is 1. The Bertz CT molecular complexity index is 707. The van der Waals surface area contributed by atoms with Gasteiger partial charge in [0.25, 0.3) is 0 Å². The number of anilines is 1. The molecular formula is C12H11N5S. The first-order valence-electron chi connectivity index (χ1n) is 5.42. The molecule has 0 aliphatic heterocycles. The van der Waals surface area contributed by atoms with Gasteiger partial charge in [-0.1, -0.05) is 17.8 Å². The Morgan fingerprint density at radius 3 is 3.00 bits per heavy atom. The monoisotopic (exact) mass is 257 g/mol. The molecule has 3 N–H and O–H groups in total. The normalized spacial score (nSPS) is 10.9. The number of rotatable bonds is 2. The van der Waals surface area contributed by atoms with E-state index in [-0.39, 0.29) is 0 Å². The average Bonchev–Trinajstić information content (AvgIpc) is 2.83. The van der Waals surface area contributed by atoms with Crippen LogP contribution in [-0.4, -0.2) is 19.9 Å². The van der Waals surface area contributed by atoms with Crippen molar-refractivity contribution < 1.29 is 0 Å². The van der Waals surface area contributed by atoms with E-state index in [1.807, 2.05) is 25.1 Å². The van der Waals surface area contributed by atoms with E-state index in [2.05, 4.69) is 19.9 Å². The van der Waals surface area contributed by atoms with Crippen molar-refractivity contribution in [1.82, 2.24) is 19.9 Å². The second kappa shape index (κ2) is 4.30. The number of hydrogen-bond donors (Lipinski definition) is 2. The highest BCUT2D eigenvalue weighted by molar-refractivity contribution is 7.99. The van der Waals surface area contributed by atoms with E-state index in [9.17, 15) is 0 Å². The second-order valence-corrected chi connectivity index (χ2v) is 4.94. The molecule has 5 nitrogen and oxygen atoms in total. The molecule has 0 spiro atoms. The molecule has 2 heterocycles. The van der Waals surface area contributed by atoms with Gasteiger partial charge in [0, 0.05) is 10.6 Å². The number of fused-ring (bicyclic) bond motifs is 1. The number of H-pyrrole nitrogens is 1. The molecular weight excluding hydrogens is 246 g/mol. The summed E-state index contributed by atoms with van der Waals surface area (Å²) in [6, 6.07) is 5.85.